The molecule has 7 rings (SSSR count). The van der Waals surface area contributed by atoms with Crippen molar-refractivity contribution in [1.29, 1.82) is 0 Å². The van der Waals surface area contributed by atoms with E-state index >= 15 is 0 Å². The number of benzene rings is 1. The van der Waals surface area contributed by atoms with Gasteiger partial charge in [0.05, 0.1) is 81.0 Å². The lowest BCUT2D eigenvalue weighted by molar-refractivity contribution is -0.191. The largest absolute Gasteiger partial charge is 0.481 e. The molecule has 4 atom stereocenters. The van der Waals surface area contributed by atoms with E-state index in [1.165, 1.54) is 21.2 Å². The van der Waals surface area contributed by atoms with E-state index in [0.717, 1.165) is 10.9 Å². The van der Waals surface area contributed by atoms with Crippen LogP contribution in [0.3, 0.4) is 0 Å². The van der Waals surface area contributed by atoms with E-state index in [1.807, 2.05) is 18.4 Å². The van der Waals surface area contributed by atoms with Gasteiger partial charge in [0.2, 0.25) is 41.9 Å². The number of likely N-dealkylation sites (tertiary alicyclic amines) is 1. The summed E-state index contributed by atoms with van der Waals surface area (Å²) in [6.45, 7) is 6.21. The quantitative estimate of drug-likeness (QED) is 0.0307. The molecular formula is C51H65N7O17S. The number of cyclic esters (lactones) is 1. The Bertz CT molecular complexity index is 2750. The van der Waals surface area contributed by atoms with Crippen molar-refractivity contribution in [2.75, 3.05) is 71.7 Å². The van der Waals surface area contributed by atoms with E-state index in [4.69, 9.17) is 38.1 Å². The number of carboxylic acid groups (broad SMARTS) is 1. The number of thioether (sulfide) groups is 1. The number of hydrogen-bond acceptors (Lipinski definition) is 18. The number of hydrogen-bond donors (Lipinski definition) is 5. The molecule has 0 saturated carbocycles. The van der Waals surface area contributed by atoms with E-state index in [9.17, 15) is 48.3 Å². The third kappa shape index (κ3) is 13.6. The van der Waals surface area contributed by atoms with Crippen molar-refractivity contribution in [3.63, 3.8) is 0 Å². The van der Waals surface area contributed by atoms with Crippen molar-refractivity contribution in [2.45, 2.75) is 109 Å². The molecule has 0 aliphatic carbocycles. The van der Waals surface area contributed by atoms with Crippen LogP contribution < -0.4 is 36.3 Å². The Labute approximate surface area is 441 Å². The van der Waals surface area contributed by atoms with Crippen LogP contribution >= 0.6 is 11.8 Å². The fraction of sp³-hybridized carbons (Fsp3) is 0.569. The Morgan fingerprint density at radius 1 is 0.868 bits per heavy atom. The molecule has 4 aliphatic rings. The number of carboxylic acids is 1. The number of nitrogens with zero attached hydrogens (tertiary/aromatic N) is 3. The average Bonchev–Trinajstić information content (AvgIpc) is 4.21. The van der Waals surface area contributed by atoms with E-state index in [0.29, 0.717) is 53.7 Å². The summed E-state index contributed by atoms with van der Waals surface area (Å²) in [6.07, 6.45) is 2.24. The van der Waals surface area contributed by atoms with Gasteiger partial charge in [0.15, 0.2) is 11.5 Å². The lowest BCUT2D eigenvalue weighted by atomic mass is 9.85. The van der Waals surface area contributed by atoms with Crippen LogP contribution in [0.2, 0.25) is 0 Å². The average molecular weight is 1080 g/mol. The minimum Gasteiger partial charge on any atom is -0.481 e. The second-order valence-electron chi connectivity index (χ2n) is 18.8. The molecule has 3 aromatic rings. The molecule has 0 bridgehead atoms. The predicted molar refractivity (Wildman–Crippen MR) is 271 cm³/mol. The normalized spacial score (nSPS) is 17.8. The minimum atomic E-state index is -2.09. The molecule has 1 saturated heterocycles. The third-order valence-corrected chi connectivity index (χ3v) is 13.8. The Morgan fingerprint density at radius 3 is 2.26 bits per heavy atom. The Hall–Kier alpha value is -6.83. The number of carbonyl (C=O) groups excluding carboxylic acids is 7. The molecule has 412 valence electrons. The number of nitrogens with one attached hydrogen (secondary N) is 4. The number of aromatic nitrogens is 2. The zero-order valence-electron chi connectivity index (χ0n) is 43.0. The zero-order chi connectivity index (χ0) is 54.5. The van der Waals surface area contributed by atoms with Crippen molar-refractivity contribution < 1.29 is 76.6 Å². The monoisotopic (exact) mass is 1080 g/mol. The van der Waals surface area contributed by atoms with Gasteiger partial charge in [0.25, 0.3) is 5.56 Å². The van der Waals surface area contributed by atoms with Crippen molar-refractivity contribution >= 4 is 70.1 Å². The fourth-order valence-electron chi connectivity index (χ4n) is 9.37. The highest BCUT2D eigenvalue weighted by Gasteiger charge is 2.52. The van der Waals surface area contributed by atoms with Gasteiger partial charge in [-0.2, -0.15) is 0 Å². The highest BCUT2D eigenvalue weighted by Crippen LogP contribution is 2.43. The molecule has 5 amide bonds. The molecule has 1 aromatic carbocycles. The Balaban J connectivity index is 0.888. The fourth-order valence-corrected chi connectivity index (χ4v) is 9.67. The molecule has 0 radical (unpaired) electrons. The summed E-state index contributed by atoms with van der Waals surface area (Å²) in [7, 11) is 0. The molecule has 1 fully saturated rings. The van der Waals surface area contributed by atoms with Gasteiger partial charge in [-0.1, -0.05) is 20.8 Å². The topological polar surface area (TPSA) is 308 Å². The maximum atomic E-state index is 14.3. The first-order chi connectivity index (χ1) is 36.5. The van der Waals surface area contributed by atoms with Crippen LogP contribution in [0.4, 0.5) is 0 Å². The first-order valence-electron chi connectivity index (χ1n) is 25.3. The molecule has 4 aliphatic heterocycles. The number of esters is 2. The molecule has 0 unspecified atom stereocenters. The van der Waals surface area contributed by atoms with Gasteiger partial charge >= 0.3 is 17.9 Å². The van der Waals surface area contributed by atoms with E-state index < -0.39 is 77.3 Å². The highest BCUT2D eigenvalue weighted by atomic mass is 32.2. The lowest BCUT2D eigenvalue weighted by Gasteiger charge is -2.37. The van der Waals surface area contributed by atoms with Crippen molar-refractivity contribution in [3.05, 3.63) is 51.3 Å². The number of rotatable bonds is 28. The summed E-state index contributed by atoms with van der Waals surface area (Å²) < 4.78 is 40.7. The van der Waals surface area contributed by atoms with Crippen molar-refractivity contribution in [1.82, 2.24) is 35.7 Å². The number of pyridine rings is 2. The van der Waals surface area contributed by atoms with Crippen LogP contribution in [0.5, 0.6) is 11.5 Å². The number of carbonyl (C=O) groups is 8. The zero-order valence-corrected chi connectivity index (χ0v) is 43.8. The van der Waals surface area contributed by atoms with Crippen LogP contribution in [-0.2, 0) is 80.8 Å². The maximum Gasteiger partial charge on any atom is 0.355 e. The molecule has 2 aromatic heterocycles. The second kappa shape index (κ2) is 26.3. The number of amides is 5. The van der Waals surface area contributed by atoms with Gasteiger partial charge in [-0.25, -0.2) is 14.6 Å². The minimum absolute atomic E-state index is 0.0607. The molecule has 24 nitrogen and oxygen atoms in total. The van der Waals surface area contributed by atoms with Gasteiger partial charge < -0.3 is 69.0 Å². The number of fused-ring (bicyclic) bond motifs is 6. The van der Waals surface area contributed by atoms with Crippen LogP contribution in [0.1, 0.15) is 88.8 Å². The third-order valence-electron chi connectivity index (χ3n) is 13.3. The van der Waals surface area contributed by atoms with Gasteiger partial charge in [-0.05, 0) is 56.1 Å². The summed E-state index contributed by atoms with van der Waals surface area (Å²) >= 11 is 1.50. The summed E-state index contributed by atoms with van der Waals surface area (Å²) in [5.41, 5.74) is -0.0409. The van der Waals surface area contributed by atoms with Crippen LogP contribution in [-0.4, -0.2) is 157 Å². The van der Waals surface area contributed by atoms with Gasteiger partial charge in [-0.3, -0.25) is 33.6 Å². The summed E-state index contributed by atoms with van der Waals surface area (Å²) in [4.78, 5) is 125. The SMILES string of the molecule is CC[C@@]1(OC(=O)[C@@H](NC(=O)[C@@H]2CCCN2C(=O)[C@H](CC(=O)O)NC(=O)CCOCCOCCOCCNC(=O)CCCC(=O)NCSC)C(C)C)C(=O)OCc2c1cc1n(c2=O)Cc2cc3cc4c(cc3nc2-1)OCO4. The maximum absolute atomic E-state index is 14.3. The Kier molecular flexibility index (Phi) is 19.7. The molecule has 25 heteroatoms. The summed E-state index contributed by atoms with van der Waals surface area (Å²) in [5.74, 6) is -4.72. The van der Waals surface area contributed by atoms with E-state index in [1.54, 1.807) is 32.9 Å². The van der Waals surface area contributed by atoms with Gasteiger partial charge in [0.1, 0.15) is 24.7 Å². The first-order valence-corrected chi connectivity index (χ1v) is 26.7. The van der Waals surface area contributed by atoms with Crippen LogP contribution in [0.15, 0.2) is 29.1 Å². The van der Waals surface area contributed by atoms with Crippen LogP contribution in [0, 0.1) is 5.92 Å². The van der Waals surface area contributed by atoms with E-state index in [2.05, 4.69) is 21.3 Å². The van der Waals surface area contributed by atoms with Gasteiger partial charge in [-0.15, -0.1) is 11.8 Å². The smallest absolute Gasteiger partial charge is 0.355 e. The van der Waals surface area contributed by atoms with Crippen molar-refractivity contribution in [2.24, 2.45) is 5.92 Å². The van der Waals surface area contributed by atoms with Crippen molar-refractivity contribution in [3.8, 4) is 22.9 Å². The second-order valence-corrected chi connectivity index (χ2v) is 19.7. The standard InChI is InChI=1S/C51H65N7O17S/c1-5-51(33-22-37-45-31(25-58(37)47(65)32(33)26-72-50(51)68)20-30-21-38-39(74-28-73-38)23-34(30)55-45)75-49(67)44(29(2)3)56-46(64)36-8-7-13-57(36)48(66)35(24-43(62)63)54-42(61)11-14-69-16-18-71-19-17-70-15-12-52-40(59)9-6-10-41(60)53-27-76-4/h20-23,29,35-36,44H,5-19,24-28H2,1-4H3,(H,52,59)(H,53,60)(H,54,61)(H,56,64)(H,62,63)/t35-,36-,44-,51-/m0/s1. The predicted octanol–water partition coefficient (Wildman–Crippen LogP) is 1.61. The van der Waals surface area contributed by atoms with E-state index in [-0.39, 0.29) is 121 Å². The van der Waals surface area contributed by atoms with Crippen LogP contribution in [0.25, 0.3) is 22.3 Å². The van der Waals surface area contributed by atoms with Gasteiger partial charge in [0, 0.05) is 54.9 Å². The number of ether oxygens (including phenoxy) is 7. The molecule has 0 spiro atoms. The Morgan fingerprint density at radius 2 is 1.57 bits per heavy atom. The summed E-state index contributed by atoms with van der Waals surface area (Å²) in [6, 6.07) is 3.06. The first kappa shape index (κ1) is 56.9. The lowest BCUT2D eigenvalue weighted by Crippen LogP contribution is -2.57. The molecular weight excluding hydrogens is 1010 g/mol. The number of aliphatic carboxylic acids is 1. The molecule has 5 N–H and O–H groups in total. The molecule has 6 heterocycles. The summed E-state index contributed by atoms with van der Waals surface area (Å²) in [5, 5.41) is 21.1. The highest BCUT2D eigenvalue weighted by molar-refractivity contribution is 7.98. The molecule has 76 heavy (non-hydrogen) atoms.